The number of ether oxygens (including phenoxy) is 1. The third-order valence-corrected chi connectivity index (χ3v) is 5.52. The van der Waals surface area contributed by atoms with Gasteiger partial charge in [0.15, 0.2) is 18.0 Å². The Balaban J connectivity index is 0.000000247. The van der Waals surface area contributed by atoms with Crippen LogP contribution in [0.15, 0.2) is 28.8 Å². The van der Waals surface area contributed by atoms with Gasteiger partial charge >= 0.3 is 11.9 Å². The van der Waals surface area contributed by atoms with E-state index in [0.717, 1.165) is 36.0 Å². The predicted octanol–water partition coefficient (Wildman–Crippen LogP) is 0.964. The molecule has 0 bridgehead atoms. The molecule has 2 aliphatic rings. The number of aromatic nitrogens is 2. The first-order valence-corrected chi connectivity index (χ1v) is 10.3. The maximum Gasteiger partial charge on any atom is 0.335 e. The van der Waals surface area contributed by atoms with E-state index in [4.69, 9.17) is 29.7 Å². The van der Waals surface area contributed by atoms with Crippen molar-refractivity contribution in [1.82, 2.24) is 15.0 Å². The van der Waals surface area contributed by atoms with E-state index in [2.05, 4.69) is 15.0 Å². The molecule has 11 heteroatoms. The maximum atomic E-state index is 9.77. The molecule has 4 rings (SSSR count). The number of carboxylic acids is 2. The first kappa shape index (κ1) is 23.6. The Morgan fingerprint density at radius 3 is 2.25 bits per heavy atom. The fraction of sp³-hybridized carbons (Fsp3) is 0.524. The van der Waals surface area contributed by atoms with Gasteiger partial charge in [0.05, 0.1) is 7.11 Å². The summed E-state index contributed by atoms with van der Waals surface area (Å²) in [5.74, 6) is -0.871. The van der Waals surface area contributed by atoms with Crippen LogP contribution < -0.4 is 4.74 Å². The first-order valence-electron chi connectivity index (χ1n) is 10.3. The van der Waals surface area contributed by atoms with Crippen molar-refractivity contribution in [2.75, 3.05) is 20.2 Å². The molecule has 11 nitrogen and oxygen atoms in total. The summed E-state index contributed by atoms with van der Waals surface area (Å²) >= 11 is 0. The molecular weight excluding hydrogens is 422 g/mol. The highest BCUT2D eigenvalue weighted by Gasteiger charge is 2.33. The minimum absolute atomic E-state index is 0.429. The lowest BCUT2D eigenvalue weighted by Gasteiger charge is -2.30. The second-order valence-corrected chi connectivity index (χ2v) is 7.80. The van der Waals surface area contributed by atoms with Gasteiger partial charge in [0.2, 0.25) is 0 Å². The number of methoxy groups -OCH3 is 1. The maximum absolute atomic E-state index is 9.77. The van der Waals surface area contributed by atoms with Crippen molar-refractivity contribution in [2.45, 2.75) is 49.9 Å². The lowest BCUT2D eigenvalue weighted by molar-refractivity contribution is -0.165. The van der Waals surface area contributed by atoms with E-state index in [0.29, 0.717) is 11.8 Å². The van der Waals surface area contributed by atoms with E-state index in [1.165, 1.54) is 25.9 Å². The van der Waals surface area contributed by atoms with Gasteiger partial charge in [-0.3, -0.25) is 0 Å². The summed E-state index contributed by atoms with van der Waals surface area (Å²) in [5.41, 5.74) is 0.911. The fourth-order valence-corrected chi connectivity index (χ4v) is 3.51. The highest BCUT2D eigenvalue weighted by atomic mass is 16.5. The molecule has 4 N–H and O–H groups in total. The van der Waals surface area contributed by atoms with Crippen molar-refractivity contribution in [1.29, 1.82) is 0 Å². The number of nitrogens with zero attached hydrogens (tertiary/aromatic N) is 3. The van der Waals surface area contributed by atoms with Gasteiger partial charge < -0.3 is 34.6 Å². The second-order valence-electron chi connectivity index (χ2n) is 7.80. The summed E-state index contributed by atoms with van der Waals surface area (Å²) in [6.07, 6.45) is 0.496. The quantitative estimate of drug-likeness (QED) is 0.475. The van der Waals surface area contributed by atoms with Crippen molar-refractivity contribution < 1.29 is 39.3 Å². The number of likely N-dealkylation sites (tertiary alicyclic amines) is 1. The van der Waals surface area contributed by atoms with Gasteiger partial charge in [0.25, 0.3) is 5.89 Å². The van der Waals surface area contributed by atoms with Gasteiger partial charge in [-0.1, -0.05) is 11.2 Å². The molecule has 2 aromatic rings. The third kappa shape index (κ3) is 6.02. The van der Waals surface area contributed by atoms with Crippen LogP contribution in [0.1, 0.15) is 37.4 Å². The summed E-state index contributed by atoms with van der Waals surface area (Å²) in [6, 6.07) is 8.60. The minimum atomic E-state index is -2.27. The summed E-state index contributed by atoms with van der Waals surface area (Å²) < 4.78 is 10.7. The Labute approximate surface area is 184 Å². The molecule has 2 atom stereocenters. The zero-order chi connectivity index (χ0) is 23.3. The molecular formula is C21H27N3O8. The van der Waals surface area contributed by atoms with Crippen molar-refractivity contribution >= 4 is 11.9 Å². The highest BCUT2D eigenvalue weighted by Crippen LogP contribution is 2.34. The van der Waals surface area contributed by atoms with Crippen molar-refractivity contribution in [2.24, 2.45) is 0 Å². The largest absolute Gasteiger partial charge is 0.497 e. The summed E-state index contributed by atoms with van der Waals surface area (Å²) in [4.78, 5) is 26.8. The van der Waals surface area contributed by atoms with Gasteiger partial charge in [-0.25, -0.2) is 9.59 Å². The van der Waals surface area contributed by atoms with Crippen molar-refractivity contribution in [3.8, 4) is 17.2 Å². The molecule has 2 heterocycles. The van der Waals surface area contributed by atoms with Crippen LogP contribution in [0, 0.1) is 0 Å². The standard InChI is InChI=1S/C17H21N3O2.C4H6O6/c1-21-15-4-2-3-13(11-15)17-18-16(19-22-17)12-7-9-20(10-8-12)14-5-6-14;5-1(3(7)8)2(6)4(9)10/h2-4,11-12,14H,5-10H2,1H3;1-2,5-6H,(H,7,8)(H,9,10). The molecule has 0 spiro atoms. The monoisotopic (exact) mass is 449 g/mol. The number of piperidine rings is 1. The lowest BCUT2D eigenvalue weighted by atomic mass is 9.96. The van der Waals surface area contributed by atoms with E-state index in [9.17, 15) is 9.59 Å². The number of aliphatic hydroxyl groups excluding tert-OH is 2. The Bertz CT molecular complexity index is 903. The van der Waals surface area contributed by atoms with E-state index in [-0.39, 0.29) is 0 Å². The molecule has 0 radical (unpaired) electrons. The number of hydrogen-bond donors (Lipinski definition) is 4. The van der Waals surface area contributed by atoms with Crippen LogP contribution in [0.5, 0.6) is 5.75 Å². The number of aliphatic carboxylic acids is 2. The van der Waals surface area contributed by atoms with Crippen molar-refractivity contribution in [3.63, 3.8) is 0 Å². The molecule has 1 aromatic carbocycles. The summed E-state index contributed by atoms with van der Waals surface area (Å²) in [5, 5.41) is 36.7. The van der Waals surface area contributed by atoms with Gasteiger partial charge in [-0.2, -0.15) is 4.98 Å². The molecule has 1 saturated heterocycles. The summed E-state index contributed by atoms with van der Waals surface area (Å²) in [6.45, 7) is 2.33. The third-order valence-electron chi connectivity index (χ3n) is 5.52. The number of rotatable bonds is 7. The second kappa shape index (κ2) is 10.5. The Kier molecular flexibility index (Phi) is 7.78. The Morgan fingerprint density at radius 2 is 1.72 bits per heavy atom. The number of hydrogen-bond acceptors (Lipinski definition) is 9. The molecule has 1 aromatic heterocycles. The average molecular weight is 449 g/mol. The van der Waals surface area contributed by atoms with Crippen LogP contribution in [0.25, 0.3) is 11.5 Å². The van der Waals surface area contributed by atoms with Gasteiger partial charge in [-0.05, 0) is 57.0 Å². The van der Waals surface area contributed by atoms with Crippen LogP contribution in [0.4, 0.5) is 0 Å². The molecule has 32 heavy (non-hydrogen) atoms. The number of carboxylic acid groups (broad SMARTS) is 2. The minimum Gasteiger partial charge on any atom is -0.497 e. The Morgan fingerprint density at radius 1 is 1.09 bits per heavy atom. The SMILES string of the molecule is COc1cccc(-c2nc(C3CCN(C4CC4)CC3)no2)c1.O=C(O)C(O)C(O)C(=O)O. The van der Waals surface area contributed by atoms with E-state index in [1.54, 1.807) is 7.11 Å². The van der Waals surface area contributed by atoms with Crippen LogP contribution in [0.3, 0.4) is 0 Å². The molecule has 2 fully saturated rings. The highest BCUT2D eigenvalue weighted by molar-refractivity contribution is 5.83. The normalized spacial score (nSPS) is 18.8. The van der Waals surface area contributed by atoms with Crippen LogP contribution in [-0.2, 0) is 9.59 Å². The van der Waals surface area contributed by atoms with E-state index in [1.807, 2.05) is 24.3 Å². The van der Waals surface area contributed by atoms with E-state index >= 15 is 0 Å². The number of benzene rings is 1. The topological polar surface area (TPSA) is 166 Å². The summed E-state index contributed by atoms with van der Waals surface area (Å²) in [7, 11) is 1.66. The Hall–Kier alpha value is -3.02. The van der Waals surface area contributed by atoms with Crippen LogP contribution >= 0.6 is 0 Å². The molecule has 2 unspecified atom stereocenters. The molecule has 0 amide bonds. The van der Waals surface area contributed by atoms with Crippen LogP contribution in [0.2, 0.25) is 0 Å². The predicted molar refractivity (Wildman–Crippen MR) is 110 cm³/mol. The average Bonchev–Trinajstić information content (AvgIpc) is 3.54. The van der Waals surface area contributed by atoms with Gasteiger partial charge in [-0.15, -0.1) is 0 Å². The van der Waals surface area contributed by atoms with E-state index < -0.39 is 24.1 Å². The smallest absolute Gasteiger partial charge is 0.335 e. The molecule has 174 valence electrons. The molecule has 1 aliphatic carbocycles. The van der Waals surface area contributed by atoms with Crippen molar-refractivity contribution in [3.05, 3.63) is 30.1 Å². The fourth-order valence-electron chi connectivity index (χ4n) is 3.51. The first-order chi connectivity index (χ1) is 15.3. The zero-order valence-electron chi connectivity index (χ0n) is 17.6. The lowest BCUT2D eigenvalue weighted by Crippen LogP contribution is -2.39. The molecule has 1 saturated carbocycles. The number of carbonyl (C=O) groups is 2. The number of aliphatic hydroxyl groups is 2. The zero-order valence-corrected chi connectivity index (χ0v) is 17.6. The van der Waals surface area contributed by atoms with Crippen LogP contribution in [-0.4, -0.2) is 85.9 Å². The molecule has 1 aliphatic heterocycles. The van der Waals surface area contributed by atoms with Gasteiger partial charge in [0, 0.05) is 17.5 Å². The van der Waals surface area contributed by atoms with Gasteiger partial charge in [0.1, 0.15) is 5.75 Å².